The molecule has 1 unspecified atom stereocenters. The normalized spacial score (nSPS) is 18.5. The first kappa shape index (κ1) is 20.9. The summed E-state index contributed by atoms with van der Waals surface area (Å²) in [7, 11) is -3.89. The van der Waals surface area contributed by atoms with Crippen LogP contribution in [0.1, 0.15) is 37.9 Å². The maximum absolute atomic E-state index is 13.6. The third-order valence-corrected chi connectivity index (χ3v) is 8.19. The standard InChI is InChI=1S/C24H19ClN2O4S/c25-17-9-11-18(12-10-17)32(30,31)27-14-13-16-5-1-2-6-19(16)22(27)15-26-23(28)20-7-3-4-8-21(20)24(26)29/h1-12,22H,13-15H2. The highest BCUT2D eigenvalue weighted by molar-refractivity contribution is 7.89. The quantitative estimate of drug-likeness (QED) is 0.546. The number of hydrogen-bond acceptors (Lipinski definition) is 4. The molecule has 2 aliphatic heterocycles. The Morgan fingerprint density at radius 1 is 0.844 bits per heavy atom. The predicted molar refractivity (Wildman–Crippen MR) is 120 cm³/mol. The Balaban J connectivity index is 1.56. The number of carbonyl (C=O) groups excluding carboxylic acids is 2. The van der Waals surface area contributed by atoms with Crippen molar-refractivity contribution in [2.24, 2.45) is 0 Å². The third kappa shape index (κ3) is 3.33. The molecule has 8 heteroatoms. The first-order chi connectivity index (χ1) is 15.4. The number of amides is 2. The van der Waals surface area contributed by atoms with Crippen molar-refractivity contribution in [3.63, 3.8) is 0 Å². The molecule has 0 aromatic heterocycles. The zero-order chi connectivity index (χ0) is 22.5. The average Bonchev–Trinajstić information content (AvgIpc) is 3.04. The lowest BCUT2D eigenvalue weighted by Crippen LogP contribution is -2.46. The molecule has 0 saturated carbocycles. The molecule has 0 aliphatic carbocycles. The second kappa shape index (κ2) is 7.85. The van der Waals surface area contributed by atoms with Gasteiger partial charge in [0, 0.05) is 11.6 Å². The Morgan fingerprint density at radius 2 is 1.44 bits per heavy atom. The molecular weight excluding hydrogens is 448 g/mol. The first-order valence-electron chi connectivity index (χ1n) is 10.2. The number of nitrogens with zero attached hydrogens (tertiary/aromatic N) is 2. The van der Waals surface area contributed by atoms with Gasteiger partial charge in [0.1, 0.15) is 0 Å². The van der Waals surface area contributed by atoms with Gasteiger partial charge in [0.05, 0.1) is 28.6 Å². The molecule has 1 atom stereocenters. The van der Waals surface area contributed by atoms with Crippen LogP contribution in [0.15, 0.2) is 77.7 Å². The van der Waals surface area contributed by atoms with Gasteiger partial charge in [0.2, 0.25) is 10.0 Å². The van der Waals surface area contributed by atoms with Crippen LogP contribution in [0.2, 0.25) is 5.02 Å². The summed E-state index contributed by atoms with van der Waals surface area (Å²) in [5.41, 5.74) is 2.49. The zero-order valence-corrected chi connectivity index (χ0v) is 18.5. The van der Waals surface area contributed by atoms with Crippen LogP contribution in [-0.4, -0.2) is 42.5 Å². The summed E-state index contributed by atoms with van der Waals surface area (Å²) in [6, 6.07) is 19.5. The van der Waals surface area contributed by atoms with Gasteiger partial charge in [0.25, 0.3) is 11.8 Å². The largest absolute Gasteiger partial charge is 0.272 e. The maximum atomic E-state index is 13.6. The Bertz CT molecular complexity index is 1300. The van der Waals surface area contributed by atoms with Crippen LogP contribution in [0.4, 0.5) is 0 Å². The monoisotopic (exact) mass is 466 g/mol. The lowest BCUT2D eigenvalue weighted by molar-refractivity contribution is 0.0616. The van der Waals surface area contributed by atoms with Crippen molar-refractivity contribution in [2.45, 2.75) is 17.4 Å². The van der Waals surface area contributed by atoms with E-state index in [1.54, 1.807) is 24.3 Å². The minimum absolute atomic E-state index is 0.0593. The van der Waals surface area contributed by atoms with Crippen molar-refractivity contribution in [3.05, 3.63) is 100 Å². The Kier molecular flexibility index (Phi) is 5.12. The number of benzene rings is 3. The van der Waals surface area contributed by atoms with Crippen LogP contribution in [0.5, 0.6) is 0 Å². The van der Waals surface area contributed by atoms with Crippen LogP contribution in [0, 0.1) is 0 Å². The van der Waals surface area contributed by atoms with Crippen molar-refractivity contribution in [3.8, 4) is 0 Å². The topological polar surface area (TPSA) is 74.8 Å². The summed E-state index contributed by atoms with van der Waals surface area (Å²) in [5, 5.41) is 0.440. The van der Waals surface area contributed by atoms with Crippen LogP contribution < -0.4 is 0 Å². The number of fused-ring (bicyclic) bond motifs is 2. The van der Waals surface area contributed by atoms with E-state index in [0.29, 0.717) is 22.6 Å². The van der Waals surface area contributed by atoms with E-state index < -0.39 is 27.9 Å². The molecule has 0 radical (unpaired) electrons. The molecule has 32 heavy (non-hydrogen) atoms. The van der Waals surface area contributed by atoms with Crippen molar-refractivity contribution < 1.29 is 18.0 Å². The van der Waals surface area contributed by atoms with Gasteiger partial charge >= 0.3 is 0 Å². The van der Waals surface area contributed by atoms with Gasteiger partial charge in [-0.05, 0) is 53.9 Å². The number of hydrogen-bond donors (Lipinski definition) is 0. The average molecular weight is 467 g/mol. The second-order valence-electron chi connectivity index (χ2n) is 7.80. The number of halogens is 1. The summed E-state index contributed by atoms with van der Waals surface area (Å²) in [6.07, 6.45) is 0.543. The summed E-state index contributed by atoms with van der Waals surface area (Å²) < 4.78 is 28.5. The molecule has 0 spiro atoms. The molecule has 5 rings (SSSR count). The van der Waals surface area contributed by atoms with Crippen molar-refractivity contribution >= 4 is 33.4 Å². The molecule has 3 aromatic rings. The van der Waals surface area contributed by atoms with Crippen LogP contribution in [0.3, 0.4) is 0 Å². The minimum atomic E-state index is -3.89. The first-order valence-corrected chi connectivity index (χ1v) is 12.0. The fourth-order valence-corrected chi connectivity index (χ4v) is 6.15. The second-order valence-corrected chi connectivity index (χ2v) is 10.1. The van der Waals surface area contributed by atoms with E-state index >= 15 is 0 Å². The van der Waals surface area contributed by atoms with E-state index in [4.69, 9.17) is 11.6 Å². The number of imide groups is 1. The number of sulfonamides is 1. The van der Waals surface area contributed by atoms with Crippen molar-refractivity contribution in [1.82, 2.24) is 9.21 Å². The van der Waals surface area contributed by atoms with Crippen LogP contribution in [0.25, 0.3) is 0 Å². The molecule has 0 N–H and O–H groups in total. The van der Waals surface area contributed by atoms with Crippen LogP contribution in [-0.2, 0) is 16.4 Å². The van der Waals surface area contributed by atoms with Crippen molar-refractivity contribution in [1.29, 1.82) is 0 Å². The summed E-state index contributed by atoms with van der Waals surface area (Å²) >= 11 is 5.94. The highest BCUT2D eigenvalue weighted by Gasteiger charge is 2.42. The van der Waals surface area contributed by atoms with E-state index in [0.717, 1.165) is 16.0 Å². The molecule has 0 saturated heterocycles. The minimum Gasteiger partial charge on any atom is -0.272 e. The van der Waals surface area contributed by atoms with E-state index in [1.807, 2.05) is 24.3 Å². The van der Waals surface area contributed by atoms with Gasteiger partial charge in [-0.2, -0.15) is 4.31 Å². The maximum Gasteiger partial charge on any atom is 0.261 e. The van der Waals surface area contributed by atoms with E-state index in [9.17, 15) is 18.0 Å². The van der Waals surface area contributed by atoms with E-state index in [2.05, 4.69) is 0 Å². The molecular formula is C24H19ClN2O4S. The highest BCUT2D eigenvalue weighted by Crippen LogP contribution is 2.36. The SMILES string of the molecule is O=C1c2ccccc2C(=O)N1CC1c2ccccc2CCN1S(=O)(=O)c1ccc(Cl)cc1. The predicted octanol–water partition coefficient (Wildman–Crippen LogP) is 3.92. The van der Waals surface area contributed by atoms with Gasteiger partial charge in [0.15, 0.2) is 0 Å². The molecule has 0 fully saturated rings. The molecule has 2 aliphatic rings. The Labute approximate surface area is 191 Å². The van der Waals surface area contributed by atoms with Gasteiger partial charge in [-0.25, -0.2) is 8.42 Å². The molecule has 6 nitrogen and oxygen atoms in total. The highest BCUT2D eigenvalue weighted by atomic mass is 35.5. The summed E-state index contributed by atoms with van der Waals surface area (Å²) in [6.45, 7) is 0.186. The zero-order valence-electron chi connectivity index (χ0n) is 16.9. The summed E-state index contributed by atoms with van der Waals surface area (Å²) in [4.78, 5) is 27.2. The fraction of sp³-hybridized carbons (Fsp3) is 0.167. The molecule has 2 amide bonds. The number of carbonyl (C=O) groups is 2. The van der Waals surface area contributed by atoms with Crippen LogP contribution >= 0.6 is 11.6 Å². The fourth-order valence-electron chi connectivity index (χ4n) is 4.43. The molecule has 3 aromatic carbocycles. The number of rotatable bonds is 4. The molecule has 162 valence electrons. The van der Waals surface area contributed by atoms with Gasteiger partial charge < -0.3 is 0 Å². The Morgan fingerprint density at radius 3 is 2.09 bits per heavy atom. The molecule has 2 heterocycles. The van der Waals surface area contributed by atoms with E-state index in [-0.39, 0.29) is 18.0 Å². The Hall–Kier alpha value is -3.00. The lowest BCUT2D eigenvalue weighted by atomic mass is 9.94. The summed E-state index contributed by atoms with van der Waals surface area (Å²) in [5.74, 6) is -0.810. The van der Waals surface area contributed by atoms with Gasteiger partial charge in [-0.1, -0.05) is 48.0 Å². The third-order valence-electron chi connectivity index (χ3n) is 6.02. The van der Waals surface area contributed by atoms with Gasteiger partial charge in [-0.15, -0.1) is 0 Å². The van der Waals surface area contributed by atoms with E-state index in [1.165, 1.54) is 28.6 Å². The molecule has 0 bridgehead atoms. The van der Waals surface area contributed by atoms with Crippen molar-refractivity contribution in [2.75, 3.05) is 13.1 Å². The smallest absolute Gasteiger partial charge is 0.261 e. The van der Waals surface area contributed by atoms with Gasteiger partial charge in [-0.3, -0.25) is 14.5 Å². The lowest BCUT2D eigenvalue weighted by Gasteiger charge is -2.37.